The van der Waals surface area contributed by atoms with Crippen molar-refractivity contribution in [2.45, 2.75) is 0 Å². The summed E-state index contributed by atoms with van der Waals surface area (Å²) in [6.45, 7) is 0. The topological polar surface area (TPSA) is 8.17 Å². The Morgan fingerprint density at radius 2 is 0.821 bits per heavy atom. The first kappa shape index (κ1) is 32.0. The first-order valence-electron chi connectivity index (χ1n) is 19.3. The number of nitrogens with zero attached hydrogens (tertiary/aromatic N) is 2. The summed E-state index contributed by atoms with van der Waals surface area (Å²) in [6.07, 6.45) is 0. The molecule has 2 nitrogen and oxygen atoms in total. The molecule has 262 valence electrons. The van der Waals surface area contributed by atoms with E-state index >= 15 is 0 Å². The smallest absolute Gasteiger partial charge is 0.0547 e. The normalized spacial score (nSPS) is 11.6. The molecular weight excluding hydrogens is 677 g/mol. The molecule has 11 aromatic rings. The molecule has 0 aliphatic carbocycles. The Morgan fingerprint density at radius 1 is 0.304 bits per heavy atom. The summed E-state index contributed by atoms with van der Waals surface area (Å²) in [5.74, 6) is 0. The summed E-state index contributed by atoms with van der Waals surface area (Å²) in [6, 6.07) is 79.4. The van der Waals surface area contributed by atoms with Gasteiger partial charge in [-0.1, -0.05) is 164 Å². The molecule has 0 N–H and O–H groups in total. The third kappa shape index (κ3) is 5.26. The van der Waals surface area contributed by atoms with Crippen LogP contribution in [0.15, 0.2) is 218 Å². The first-order valence-corrected chi connectivity index (χ1v) is 19.3. The van der Waals surface area contributed by atoms with Crippen molar-refractivity contribution in [1.82, 2.24) is 4.57 Å². The van der Waals surface area contributed by atoms with Crippen molar-refractivity contribution in [3.8, 4) is 39.1 Å². The second kappa shape index (κ2) is 13.2. The summed E-state index contributed by atoms with van der Waals surface area (Å²) in [5.41, 5.74) is 14.1. The Bertz CT molecular complexity index is 3100. The molecule has 56 heavy (non-hydrogen) atoms. The van der Waals surface area contributed by atoms with Crippen molar-refractivity contribution < 1.29 is 0 Å². The molecule has 0 saturated carbocycles. The van der Waals surface area contributed by atoms with Crippen LogP contribution in [0.5, 0.6) is 0 Å². The summed E-state index contributed by atoms with van der Waals surface area (Å²) in [4.78, 5) is 2.38. The third-order valence-corrected chi connectivity index (χ3v) is 11.3. The monoisotopic (exact) mass is 712 g/mol. The van der Waals surface area contributed by atoms with Crippen molar-refractivity contribution in [3.05, 3.63) is 218 Å². The van der Waals surface area contributed by atoms with Gasteiger partial charge in [0.05, 0.1) is 16.7 Å². The largest absolute Gasteiger partial charge is 0.310 e. The molecule has 0 aliphatic rings. The van der Waals surface area contributed by atoms with Crippen LogP contribution < -0.4 is 4.90 Å². The van der Waals surface area contributed by atoms with Crippen molar-refractivity contribution in [2.75, 3.05) is 4.90 Å². The van der Waals surface area contributed by atoms with Gasteiger partial charge in [-0.25, -0.2) is 0 Å². The Balaban J connectivity index is 1.06. The Kier molecular flexibility index (Phi) is 7.53. The molecule has 11 rings (SSSR count). The van der Waals surface area contributed by atoms with Crippen molar-refractivity contribution in [2.24, 2.45) is 0 Å². The van der Waals surface area contributed by atoms with Gasteiger partial charge < -0.3 is 9.47 Å². The highest BCUT2D eigenvalue weighted by Crippen LogP contribution is 2.43. The van der Waals surface area contributed by atoms with Crippen LogP contribution in [0.2, 0.25) is 0 Å². The van der Waals surface area contributed by atoms with Crippen LogP contribution in [0, 0.1) is 0 Å². The van der Waals surface area contributed by atoms with Crippen LogP contribution in [-0.4, -0.2) is 4.57 Å². The molecule has 0 unspecified atom stereocenters. The van der Waals surface area contributed by atoms with Gasteiger partial charge in [0.25, 0.3) is 0 Å². The highest BCUT2D eigenvalue weighted by molar-refractivity contribution is 6.24. The second-order valence-electron chi connectivity index (χ2n) is 14.5. The number of fused-ring (bicyclic) bond motifs is 1. The summed E-state index contributed by atoms with van der Waals surface area (Å²) >= 11 is 0. The zero-order valence-corrected chi connectivity index (χ0v) is 30.7. The molecule has 0 bridgehead atoms. The quantitative estimate of drug-likeness (QED) is 0.149. The van der Waals surface area contributed by atoms with Gasteiger partial charge in [-0.2, -0.15) is 0 Å². The third-order valence-electron chi connectivity index (χ3n) is 11.3. The number of para-hydroxylation sites is 1. The highest BCUT2D eigenvalue weighted by atomic mass is 15.1. The molecule has 1 heterocycles. The predicted molar refractivity (Wildman–Crippen MR) is 238 cm³/mol. The lowest BCUT2D eigenvalue weighted by molar-refractivity contribution is 1.18. The Hall–Kier alpha value is -7.42. The van der Waals surface area contributed by atoms with Gasteiger partial charge in [0, 0.05) is 33.4 Å². The number of benzene rings is 10. The van der Waals surface area contributed by atoms with Crippen LogP contribution in [0.4, 0.5) is 17.1 Å². The van der Waals surface area contributed by atoms with E-state index in [-0.39, 0.29) is 0 Å². The van der Waals surface area contributed by atoms with Crippen LogP contribution in [0.3, 0.4) is 0 Å². The van der Waals surface area contributed by atoms with E-state index in [0.717, 1.165) is 22.6 Å². The van der Waals surface area contributed by atoms with Crippen molar-refractivity contribution in [3.63, 3.8) is 0 Å². The van der Waals surface area contributed by atoms with E-state index in [9.17, 15) is 0 Å². The SMILES string of the molecule is c1ccc(-c2ccc(N(c3ccc(-c4cccc5ccccc45)cc3)c3cccc(-c4ccccc4-n4c5cccc6ccc7cccc4c7c65)c3)cc2)cc1. The second-order valence-corrected chi connectivity index (χ2v) is 14.5. The van der Waals surface area contributed by atoms with E-state index in [1.165, 1.54) is 76.9 Å². The molecule has 0 saturated heterocycles. The lowest BCUT2D eigenvalue weighted by Crippen LogP contribution is -2.10. The van der Waals surface area contributed by atoms with Gasteiger partial charge >= 0.3 is 0 Å². The number of rotatable bonds is 7. The van der Waals surface area contributed by atoms with Gasteiger partial charge in [-0.3, -0.25) is 0 Å². The zero-order valence-electron chi connectivity index (χ0n) is 30.7. The van der Waals surface area contributed by atoms with Crippen LogP contribution in [0.25, 0.3) is 82.4 Å². The summed E-state index contributed by atoms with van der Waals surface area (Å²) in [7, 11) is 0. The van der Waals surface area contributed by atoms with Crippen LogP contribution in [-0.2, 0) is 0 Å². The number of anilines is 3. The number of hydrogen-bond donors (Lipinski definition) is 0. The standard InChI is InChI=1S/C54H36N2/c1-2-12-37(13-3-1)38-28-32-44(33-29-38)55(45-34-30-40(31-35-45)48-22-9-15-39-14-4-5-20-47(39)48)46-19-8-18-43(36-46)49-21-6-7-23-50(49)56-51-24-10-16-41-26-27-42-17-11-25-52(56)54(42)53(41)51/h1-36H. The van der Waals surface area contributed by atoms with E-state index < -0.39 is 0 Å². The van der Waals surface area contributed by atoms with E-state index in [1.54, 1.807) is 0 Å². The summed E-state index contributed by atoms with van der Waals surface area (Å²) in [5, 5.41) is 7.69. The molecule has 0 amide bonds. The molecule has 1 aromatic heterocycles. The molecular formula is C54H36N2. The molecule has 2 heteroatoms. The van der Waals surface area contributed by atoms with Gasteiger partial charge in [0.2, 0.25) is 0 Å². The minimum atomic E-state index is 1.09. The van der Waals surface area contributed by atoms with E-state index in [2.05, 4.69) is 228 Å². The zero-order chi connectivity index (χ0) is 37.0. The van der Waals surface area contributed by atoms with Crippen molar-refractivity contribution in [1.29, 1.82) is 0 Å². The average molecular weight is 713 g/mol. The Morgan fingerprint density at radius 3 is 1.55 bits per heavy atom. The van der Waals surface area contributed by atoms with Gasteiger partial charge in [-0.05, 0) is 104 Å². The fourth-order valence-corrected chi connectivity index (χ4v) is 8.75. The van der Waals surface area contributed by atoms with E-state index in [1.807, 2.05) is 0 Å². The molecule has 10 aromatic carbocycles. The predicted octanol–water partition coefficient (Wildman–Crippen LogP) is 15.0. The summed E-state index contributed by atoms with van der Waals surface area (Å²) < 4.78 is 2.46. The van der Waals surface area contributed by atoms with Crippen LogP contribution in [0.1, 0.15) is 0 Å². The lowest BCUT2D eigenvalue weighted by atomic mass is 9.98. The van der Waals surface area contributed by atoms with Gasteiger partial charge in [-0.15, -0.1) is 0 Å². The lowest BCUT2D eigenvalue weighted by Gasteiger charge is -2.27. The maximum Gasteiger partial charge on any atom is 0.0547 e. The fraction of sp³-hybridized carbons (Fsp3) is 0. The minimum Gasteiger partial charge on any atom is -0.310 e. The average Bonchev–Trinajstić information content (AvgIpc) is 3.62. The molecule has 0 spiro atoms. The minimum absolute atomic E-state index is 1.09. The first-order chi connectivity index (χ1) is 27.8. The number of aromatic nitrogens is 1. The van der Waals surface area contributed by atoms with Gasteiger partial charge in [0.1, 0.15) is 0 Å². The van der Waals surface area contributed by atoms with Gasteiger partial charge in [0.15, 0.2) is 0 Å². The maximum atomic E-state index is 2.46. The maximum absolute atomic E-state index is 2.46. The molecule has 0 fully saturated rings. The molecule has 0 radical (unpaired) electrons. The number of hydrogen-bond acceptors (Lipinski definition) is 1. The van der Waals surface area contributed by atoms with Crippen molar-refractivity contribution >= 4 is 60.4 Å². The van der Waals surface area contributed by atoms with Crippen LogP contribution >= 0.6 is 0 Å². The Labute approximate surface area is 326 Å². The highest BCUT2D eigenvalue weighted by Gasteiger charge is 2.20. The van der Waals surface area contributed by atoms with E-state index in [0.29, 0.717) is 0 Å². The fourth-order valence-electron chi connectivity index (χ4n) is 8.75. The molecule has 0 atom stereocenters. The van der Waals surface area contributed by atoms with E-state index in [4.69, 9.17) is 0 Å². The molecule has 0 aliphatic heterocycles.